The maximum absolute atomic E-state index is 3.82. The lowest BCUT2D eigenvalue weighted by Gasteiger charge is -1.92. The molecule has 0 spiro atoms. The van der Waals surface area contributed by atoms with Crippen molar-refractivity contribution in [1.29, 1.82) is 0 Å². The second-order valence-corrected chi connectivity index (χ2v) is 2.16. The zero-order chi connectivity index (χ0) is 8.53. The largest absolute Gasteiger partial charge is 0.353 e. The Bertz CT molecular complexity index is 168. The van der Waals surface area contributed by atoms with Crippen molar-refractivity contribution in [3.63, 3.8) is 0 Å². The fourth-order valence-corrected chi connectivity index (χ4v) is 0.425. The van der Waals surface area contributed by atoms with Gasteiger partial charge in [-0.2, -0.15) is 0 Å². The molecular weight excluding hydrogens is 138 g/mol. The number of nitrogens with one attached hydrogen (secondary N) is 1. The Kier molecular flexibility index (Phi) is 6.28. The minimum absolute atomic E-state index is 1.06. The zero-order valence-corrected chi connectivity index (χ0v) is 7.33. The van der Waals surface area contributed by atoms with Crippen LogP contribution in [0.5, 0.6) is 0 Å². The summed E-state index contributed by atoms with van der Waals surface area (Å²) in [7, 11) is 1.68. The van der Waals surface area contributed by atoms with Gasteiger partial charge in [0.1, 0.15) is 6.34 Å². The predicted octanol–water partition coefficient (Wildman–Crippen LogP) is 1.58. The van der Waals surface area contributed by atoms with Crippen molar-refractivity contribution in [2.24, 2.45) is 9.98 Å². The molecule has 3 heteroatoms. The molecule has 0 fully saturated rings. The van der Waals surface area contributed by atoms with E-state index in [-0.39, 0.29) is 0 Å². The van der Waals surface area contributed by atoms with E-state index < -0.39 is 0 Å². The molecule has 62 valence electrons. The lowest BCUT2D eigenvalue weighted by Crippen LogP contribution is -2.01. The van der Waals surface area contributed by atoms with E-state index in [1.54, 1.807) is 13.4 Å². The molecule has 0 heterocycles. The van der Waals surface area contributed by atoms with Crippen LogP contribution >= 0.6 is 0 Å². The Morgan fingerprint density at radius 2 is 2.27 bits per heavy atom. The zero-order valence-electron chi connectivity index (χ0n) is 7.33. The topological polar surface area (TPSA) is 36.8 Å². The van der Waals surface area contributed by atoms with Gasteiger partial charge in [0.2, 0.25) is 0 Å². The third-order valence-electron chi connectivity index (χ3n) is 1.22. The lowest BCUT2D eigenvalue weighted by atomic mass is 10.3. The summed E-state index contributed by atoms with van der Waals surface area (Å²) in [6.45, 7) is 4.17. The fourth-order valence-electron chi connectivity index (χ4n) is 0.425. The van der Waals surface area contributed by atoms with Crippen LogP contribution in [0.15, 0.2) is 21.8 Å². The Balaban J connectivity index is 3.55. The Morgan fingerprint density at radius 1 is 1.55 bits per heavy atom. The second kappa shape index (κ2) is 6.99. The average molecular weight is 153 g/mol. The van der Waals surface area contributed by atoms with Crippen LogP contribution in [-0.2, 0) is 0 Å². The molecule has 0 bridgehead atoms. The standard InChI is InChI=1S/C8H15N3/c1-4-8(2)5-10-7-11-6-9-3/h5-7H,4H2,1-3H3,(H,9,10,11). The van der Waals surface area contributed by atoms with Crippen LogP contribution in [0.3, 0.4) is 0 Å². The highest BCUT2D eigenvalue weighted by Crippen LogP contribution is 1.93. The highest BCUT2D eigenvalue weighted by molar-refractivity contribution is 5.71. The first-order chi connectivity index (χ1) is 5.31. The molecule has 0 unspecified atom stereocenters. The molecule has 0 aliphatic carbocycles. The normalized spacial score (nSPS) is 13.2. The lowest BCUT2D eigenvalue weighted by molar-refractivity contribution is 1.07. The van der Waals surface area contributed by atoms with Crippen LogP contribution in [0.2, 0.25) is 0 Å². The fraction of sp³-hybridized carbons (Fsp3) is 0.500. The highest BCUT2D eigenvalue weighted by Gasteiger charge is 1.78. The summed E-state index contributed by atoms with van der Waals surface area (Å²) in [5.74, 6) is 0. The van der Waals surface area contributed by atoms with Gasteiger partial charge in [0.15, 0.2) is 0 Å². The maximum atomic E-state index is 3.82. The van der Waals surface area contributed by atoms with Gasteiger partial charge in [-0.1, -0.05) is 12.5 Å². The summed E-state index contributed by atoms with van der Waals surface area (Å²) in [4.78, 5) is 7.51. The molecule has 11 heavy (non-hydrogen) atoms. The third-order valence-corrected chi connectivity index (χ3v) is 1.22. The highest BCUT2D eigenvalue weighted by atomic mass is 14.9. The number of aliphatic imine (C=N–C) groups is 2. The molecule has 0 amide bonds. The van der Waals surface area contributed by atoms with E-state index >= 15 is 0 Å². The van der Waals surface area contributed by atoms with Gasteiger partial charge in [-0.15, -0.1) is 0 Å². The van der Waals surface area contributed by atoms with E-state index in [1.807, 2.05) is 6.20 Å². The SMILES string of the molecule is CCC(C)=CNC=NC=NC. The van der Waals surface area contributed by atoms with Gasteiger partial charge < -0.3 is 5.32 Å². The number of nitrogens with zero attached hydrogens (tertiary/aromatic N) is 2. The number of hydrogen-bond donors (Lipinski definition) is 1. The van der Waals surface area contributed by atoms with Crippen molar-refractivity contribution in [3.8, 4) is 0 Å². The van der Waals surface area contributed by atoms with E-state index in [0.717, 1.165) is 6.42 Å². The minimum Gasteiger partial charge on any atom is -0.353 e. The van der Waals surface area contributed by atoms with Crippen LogP contribution in [0, 0.1) is 0 Å². The van der Waals surface area contributed by atoms with Gasteiger partial charge in [-0.05, 0) is 13.3 Å². The Labute approximate surface area is 67.9 Å². The molecule has 0 aromatic rings. The second-order valence-electron chi connectivity index (χ2n) is 2.16. The molecule has 0 aliphatic rings. The van der Waals surface area contributed by atoms with Gasteiger partial charge in [0, 0.05) is 13.2 Å². The molecule has 1 N–H and O–H groups in total. The summed E-state index contributed by atoms with van der Waals surface area (Å²) in [6, 6.07) is 0. The van der Waals surface area contributed by atoms with Gasteiger partial charge in [-0.3, -0.25) is 4.99 Å². The van der Waals surface area contributed by atoms with E-state index in [0.29, 0.717) is 0 Å². The molecule has 0 aromatic heterocycles. The van der Waals surface area contributed by atoms with Crippen LogP contribution in [0.4, 0.5) is 0 Å². The molecule has 0 atom stereocenters. The van der Waals surface area contributed by atoms with E-state index in [1.165, 1.54) is 11.9 Å². The van der Waals surface area contributed by atoms with Crippen LogP contribution in [0.25, 0.3) is 0 Å². The summed E-state index contributed by atoms with van der Waals surface area (Å²) in [6.07, 6.45) is 6.07. The molecule has 0 aromatic carbocycles. The van der Waals surface area contributed by atoms with E-state index in [2.05, 4.69) is 29.1 Å². The minimum atomic E-state index is 1.06. The first kappa shape index (κ1) is 9.88. The molecule has 0 radical (unpaired) electrons. The summed E-state index contributed by atoms with van der Waals surface area (Å²) in [5.41, 5.74) is 1.30. The van der Waals surface area contributed by atoms with Gasteiger partial charge >= 0.3 is 0 Å². The van der Waals surface area contributed by atoms with Gasteiger partial charge in [-0.25, -0.2) is 4.99 Å². The molecular formula is C8H15N3. The predicted molar refractivity (Wildman–Crippen MR) is 50.1 cm³/mol. The van der Waals surface area contributed by atoms with Crippen molar-refractivity contribution < 1.29 is 0 Å². The van der Waals surface area contributed by atoms with Crippen molar-refractivity contribution in [2.45, 2.75) is 20.3 Å². The summed E-state index contributed by atoms with van der Waals surface area (Å²) in [5, 5.41) is 2.93. The first-order valence-electron chi connectivity index (χ1n) is 3.65. The summed E-state index contributed by atoms with van der Waals surface area (Å²) >= 11 is 0. The van der Waals surface area contributed by atoms with Crippen LogP contribution in [-0.4, -0.2) is 19.7 Å². The van der Waals surface area contributed by atoms with Crippen molar-refractivity contribution >= 4 is 12.7 Å². The molecule has 0 saturated carbocycles. The van der Waals surface area contributed by atoms with Crippen molar-refractivity contribution in [1.82, 2.24) is 5.32 Å². The maximum Gasteiger partial charge on any atom is 0.111 e. The first-order valence-corrected chi connectivity index (χ1v) is 3.65. The number of rotatable bonds is 4. The van der Waals surface area contributed by atoms with Gasteiger partial charge in [0.25, 0.3) is 0 Å². The smallest absolute Gasteiger partial charge is 0.111 e. The molecule has 0 saturated heterocycles. The summed E-state index contributed by atoms with van der Waals surface area (Å²) < 4.78 is 0. The third kappa shape index (κ3) is 6.77. The van der Waals surface area contributed by atoms with Crippen molar-refractivity contribution in [2.75, 3.05) is 7.05 Å². The quantitative estimate of drug-likeness (QED) is 0.483. The van der Waals surface area contributed by atoms with Gasteiger partial charge in [0.05, 0.1) is 6.34 Å². The van der Waals surface area contributed by atoms with Crippen LogP contribution < -0.4 is 5.32 Å². The Hall–Kier alpha value is -1.12. The molecule has 0 aliphatic heterocycles. The molecule has 3 nitrogen and oxygen atoms in total. The number of allylic oxidation sites excluding steroid dienone is 1. The van der Waals surface area contributed by atoms with E-state index in [9.17, 15) is 0 Å². The average Bonchev–Trinajstić information content (AvgIpc) is 2.04. The van der Waals surface area contributed by atoms with E-state index in [4.69, 9.17) is 0 Å². The molecule has 0 rings (SSSR count). The number of hydrogen-bond acceptors (Lipinski definition) is 1. The Morgan fingerprint density at radius 3 is 2.82 bits per heavy atom. The van der Waals surface area contributed by atoms with Crippen molar-refractivity contribution in [3.05, 3.63) is 11.8 Å². The monoisotopic (exact) mass is 153 g/mol. The van der Waals surface area contributed by atoms with Crippen LogP contribution in [0.1, 0.15) is 20.3 Å².